The maximum Gasteiger partial charge on any atom is 0.240 e. The fourth-order valence-corrected chi connectivity index (χ4v) is 3.12. The average Bonchev–Trinajstić information content (AvgIpc) is 2.29. The highest BCUT2D eigenvalue weighted by Gasteiger charge is 2.33. The zero-order valence-corrected chi connectivity index (χ0v) is 12.2. The quantitative estimate of drug-likeness (QED) is 0.648. The van der Waals surface area contributed by atoms with Crippen molar-refractivity contribution in [3.8, 4) is 5.88 Å². The normalized spacial score (nSPS) is 25.9. The zero-order chi connectivity index (χ0) is 14.0. The van der Waals surface area contributed by atoms with Gasteiger partial charge in [-0.1, -0.05) is 20.8 Å². The van der Waals surface area contributed by atoms with Gasteiger partial charge in [0.05, 0.1) is 0 Å². The number of ether oxygens (including phenoxy) is 1. The number of rotatable bonds is 3. The van der Waals surface area contributed by atoms with Gasteiger partial charge in [-0.3, -0.25) is 5.43 Å². The highest BCUT2D eigenvalue weighted by atomic mass is 16.5. The molecule has 1 aliphatic rings. The molecule has 3 N–H and O–H groups in total. The fourth-order valence-electron chi connectivity index (χ4n) is 3.12. The summed E-state index contributed by atoms with van der Waals surface area (Å²) >= 11 is 0. The first-order valence-corrected chi connectivity index (χ1v) is 6.86. The summed E-state index contributed by atoms with van der Waals surface area (Å²) in [6.45, 7) is 8.85. The van der Waals surface area contributed by atoms with E-state index in [1.165, 1.54) is 6.42 Å². The second-order valence-electron chi connectivity index (χ2n) is 6.48. The molecule has 0 saturated heterocycles. The number of hydrazine groups is 1. The monoisotopic (exact) mass is 264 g/mol. The van der Waals surface area contributed by atoms with Crippen LogP contribution in [0.2, 0.25) is 0 Å². The maximum atomic E-state index is 6.09. The predicted molar refractivity (Wildman–Crippen MR) is 75.8 cm³/mol. The van der Waals surface area contributed by atoms with E-state index in [-0.39, 0.29) is 6.10 Å². The van der Waals surface area contributed by atoms with Crippen LogP contribution in [-0.4, -0.2) is 16.1 Å². The first kappa shape index (κ1) is 14.1. The Morgan fingerprint density at radius 2 is 2.16 bits per heavy atom. The molecule has 19 heavy (non-hydrogen) atoms. The van der Waals surface area contributed by atoms with E-state index in [9.17, 15) is 0 Å². The van der Waals surface area contributed by atoms with E-state index in [0.717, 1.165) is 18.4 Å². The molecule has 0 aromatic carbocycles. The minimum absolute atomic E-state index is 0.220. The summed E-state index contributed by atoms with van der Waals surface area (Å²) in [5, 5.41) is 0. The molecule has 0 aliphatic heterocycles. The summed E-state index contributed by atoms with van der Waals surface area (Å²) in [4.78, 5) is 8.36. The molecular weight excluding hydrogens is 240 g/mol. The van der Waals surface area contributed by atoms with Gasteiger partial charge in [0.1, 0.15) is 6.10 Å². The topological polar surface area (TPSA) is 73.1 Å². The fraction of sp³-hybridized carbons (Fsp3) is 0.714. The second-order valence-corrected chi connectivity index (χ2v) is 6.48. The molecule has 2 atom stereocenters. The summed E-state index contributed by atoms with van der Waals surface area (Å²) < 4.78 is 6.09. The Labute approximate surface area is 114 Å². The summed E-state index contributed by atoms with van der Waals surface area (Å²) in [5.74, 6) is 7.05. The number of nitrogens with zero attached hydrogens (tertiary/aromatic N) is 2. The summed E-state index contributed by atoms with van der Waals surface area (Å²) in [5.41, 5.74) is 3.73. The van der Waals surface area contributed by atoms with Gasteiger partial charge in [-0.2, -0.15) is 4.98 Å². The first-order valence-electron chi connectivity index (χ1n) is 6.86. The number of nitrogen functional groups attached to an aromatic ring is 1. The highest BCUT2D eigenvalue weighted by molar-refractivity contribution is 5.31. The van der Waals surface area contributed by atoms with E-state index >= 15 is 0 Å². The number of hydrogen-bond acceptors (Lipinski definition) is 5. The third kappa shape index (κ3) is 3.56. The Kier molecular flexibility index (Phi) is 3.94. The Morgan fingerprint density at radius 3 is 2.79 bits per heavy atom. The smallest absolute Gasteiger partial charge is 0.240 e. The third-order valence-electron chi connectivity index (χ3n) is 3.68. The van der Waals surface area contributed by atoms with Gasteiger partial charge in [0, 0.05) is 11.8 Å². The maximum absolute atomic E-state index is 6.09. The molecule has 1 aromatic heterocycles. The molecule has 1 aromatic rings. The lowest BCUT2D eigenvalue weighted by Gasteiger charge is -2.38. The molecule has 0 bridgehead atoms. The predicted octanol–water partition coefficient (Wildman–Crippen LogP) is 2.66. The van der Waals surface area contributed by atoms with Crippen molar-refractivity contribution >= 4 is 5.95 Å². The van der Waals surface area contributed by atoms with Gasteiger partial charge < -0.3 is 4.74 Å². The molecule has 1 fully saturated rings. The van der Waals surface area contributed by atoms with Crippen LogP contribution in [0.25, 0.3) is 0 Å². The minimum atomic E-state index is 0.220. The summed E-state index contributed by atoms with van der Waals surface area (Å²) in [7, 11) is 0. The van der Waals surface area contributed by atoms with Gasteiger partial charge in [-0.25, -0.2) is 10.8 Å². The molecule has 0 radical (unpaired) electrons. The van der Waals surface area contributed by atoms with E-state index in [1.54, 1.807) is 6.20 Å². The van der Waals surface area contributed by atoms with Crippen molar-refractivity contribution in [2.45, 2.75) is 53.1 Å². The summed E-state index contributed by atoms with van der Waals surface area (Å²) in [6, 6.07) is 0. The Balaban J connectivity index is 2.12. The van der Waals surface area contributed by atoms with Gasteiger partial charge in [-0.15, -0.1) is 0 Å². The molecular formula is C14H24N4O. The highest BCUT2D eigenvalue weighted by Crippen LogP contribution is 2.40. The molecule has 5 heteroatoms. The third-order valence-corrected chi connectivity index (χ3v) is 3.68. The van der Waals surface area contributed by atoms with Crippen molar-refractivity contribution in [1.29, 1.82) is 0 Å². The molecule has 2 rings (SSSR count). The van der Waals surface area contributed by atoms with Gasteiger partial charge in [0.2, 0.25) is 11.8 Å². The average molecular weight is 264 g/mol. The van der Waals surface area contributed by atoms with Crippen LogP contribution in [0.3, 0.4) is 0 Å². The Hall–Kier alpha value is -1.36. The van der Waals surface area contributed by atoms with E-state index in [4.69, 9.17) is 10.6 Å². The van der Waals surface area contributed by atoms with E-state index in [0.29, 0.717) is 23.2 Å². The lowest BCUT2D eigenvalue weighted by molar-refractivity contribution is 0.0527. The van der Waals surface area contributed by atoms with Crippen molar-refractivity contribution in [3.05, 3.63) is 11.8 Å². The second kappa shape index (κ2) is 5.33. The van der Waals surface area contributed by atoms with Crippen LogP contribution in [0, 0.1) is 18.3 Å². The zero-order valence-electron chi connectivity index (χ0n) is 12.2. The number of aromatic nitrogens is 2. The van der Waals surface area contributed by atoms with Crippen LogP contribution in [0.4, 0.5) is 5.95 Å². The largest absolute Gasteiger partial charge is 0.474 e. The number of aryl methyl sites for hydroxylation is 1. The van der Waals surface area contributed by atoms with Crippen LogP contribution in [0.15, 0.2) is 6.20 Å². The van der Waals surface area contributed by atoms with E-state index in [1.807, 2.05) is 6.92 Å². The number of anilines is 1. The van der Waals surface area contributed by atoms with E-state index < -0.39 is 0 Å². The van der Waals surface area contributed by atoms with Crippen LogP contribution in [-0.2, 0) is 0 Å². The lowest BCUT2D eigenvalue weighted by Crippen LogP contribution is -2.34. The lowest BCUT2D eigenvalue weighted by atomic mass is 9.71. The van der Waals surface area contributed by atoms with Crippen molar-refractivity contribution in [2.24, 2.45) is 17.2 Å². The number of nitrogens with one attached hydrogen (secondary N) is 1. The van der Waals surface area contributed by atoms with Crippen molar-refractivity contribution in [3.63, 3.8) is 0 Å². The molecule has 0 spiro atoms. The number of nitrogens with two attached hydrogens (primary N) is 1. The van der Waals surface area contributed by atoms with Crippen molar-refractivity contribution in [1.82, 2.24) is 9.97 Å². The van der Waals surface area contributed by atoms with Gasteiger partial charge >= 0.3 is 0 Å². The Bertz CT molecular complexity index is 447. The molecule has 1 saturated carbocycles. The van der Waals surface area contributed by atoms with Crippen LogP contribution >= 0.6 is 0 Å². The molecule has 1 aliphatic carbocycles. The van der Waals surface area contributed by atoms with E-state index in [2.05, 4.69) is 36.2 Å². The van der Waals surface area contributed by atoms with Crippen LogP contribution in [0.1, 0.15) is 45.6 Å². The SMILES string of the molecule is Cc1cnc(NN)nc1OC1CC(C)CC(C)(C)C1. The molecule has 2 unspecified atom stereocenters. The Morgan fingerprint density at radius 1 is 1.42 bits per heavy atom. The molecule has 106 valence electrons. The van der Waals surface area contributed by atoms with Crippen molar-refractivity contribution < 1.29 is 4.74 Å². The van der Waals surface area contributed by atoms with Crippen molar-refractivity contribution in [2.75, 3.05) is 5.43 Å². The molecule has 0 amide bonds. The molecule has 5 nitrogen and oxygen atoms in total. The van der Waals surface area contributed by atoms with Crippen LogP contribution in [0.5, 0.6) is 5.88 Å². The first-order chi connectivity index (χ1) is 8.89. The molecule has 1 heterocycles. The van der Waals surface area contributed by atoms with Crippen LogP contribution < -0.4 is 16.0 Å². The summed E-state index contributed by atoms with van der Waals surface area (Å²) in [6.07, 6.45) is 5.35. The number of hydrogen-bond donors (Lipinski definition) is 2. The minimum Gasteiger partial charge on any atom is -0.474 e. The van der Waals surface area contributed by atoms with Gasteiger partial charge in [0.25, 0.3) is 0 Å². The van der Waals surface area contributed by atoms with Gasteiger partial charge in [0.15, 0.2) is 0 Å². The standard InChI is InChI=1S/C14H24N4O/c1-9-5-11(7-14(3,4)6-9)19-12-10(2)8-16-13(17-12)18-15/h8-9,11H,5-7,15H2,1-4H3,(H,16,17,18). The van der Waals surface area contributed by atoms with Gasteiger partial charge in [-0.05, 0) is 37.5 Å².